The van der Waals surface area contributed by atoms with Crippen molar-refractivity contribution in [1.29, 1.82) is 0 Å². The minimum atomic E-state index is -1.04. The van der Waals surface area contributed by atoms with Gasteiger partial charge in [-0.2, -0.15) is 0 Å². The van der Waals surface area contributed by atoms with Crippen LogP contribution in [0, 0.1) is 11.3 Å². The van der Waals surface area contributed by atoms with E-state index in [1.165, 1.54) is 0 Å². The van der Waals surface area contributed by atoms with Crippen molar-refractivity contribution in [2.24, 2.45) is 11.3 Å². The van der Waals surface area contributed by atoms with Crippen molar-refractivity contribution in [3.05, 3.63) is 24.3 Å². The number of aliphatic carboxylic acids is 1. The standard InChI is InChI=1S/C23H34O8/c1-14(29-20(25)15(2)16(3)24)8-6-5-7-9-17-10-11-23(30-17)12-18-19(31-23)22(4,13-28-18)21(26)27/h5-7,9,14-19,24H,8,10-13H2,1-4H3,(H,26,27). The summed E-state index contributed by atoms with van der Waals surface area (Å²) in [7, 11) is 0. The van der Waals surface area contributed by atoms with Crippen molar-refractivity contribution in [1.82, 2.24) is 0 Å². The lowest BCUT2D eigenvalue weighted by atomic mass is 9.85. The van der Waals surface area contributed by atoms with Crippen LogP contribution in [0.25, 0.3) is 0 Å². The topological polar surface area (TPSA) is 112 Å². The van der Waals surface area contributed by atoms with Gasteiger partial charge in [0.05, 0.1) is 30.8 Å². The van der Waals surface area contributed by atoms with Gasteiger partial charge in [-0.25, -0.2) is 0 Å². The molecule has 0 aromatic rings. The van der Waals surface area contributed by atoms with E-state index in [4.69, 9.17) is 18.9 Å². The fourth-order valence-corrected chi connectivity index (χ4v) is 4.22. The highest BCUT2D eigenvalue weighted by Crippen LogP contribution is 2.51. The summed E-state index contributed by atoms with van der Waals surface area (Å²) >= 11 is 0. The monoisotopic (exact) mass is 438 g/mol. The number of carbonyl (C=O) groups is 2. The van der Waals surface area contributed by atoms with E-state index in [9.17, 15) is 19.8 Å². The van der Waals surface area contributed by atoms with Gasteiger partial charge < -0.3 is 29.2 Å². The number of aliphatic hydroxyl groups excluding tert-OH is 1. The molecule has 8 atom stereocenters. The molecule has 3 fully saturated rings. The summed E-state index contributed by atoms with van der Waals surface area (Å²) < 4.78 is 23.3. The number of allylic oxidation sites excluding steroid dienone is 2. The number of carboxylic acids is 1. The summed E-state index contributed by atoms with van der Waals surface area (Å²) in [5.74, 6) is -2.62. The largest absolute Gasteiger partial charge is 0.481 e. The van der Waals surface area contributed by atoms with Gasteiger partial charge in [-0.1, -0.05) is 24.3 Å². The number of carboxylic acid groups (broad SMARTS) is 1. The number of ether oxygens (including phenoxy) is 4. The summed E-state index contributed by atoms with van der Waals surface area (Å²) in [5, 5.41) is 19.0. The zero-order valence-electron chi connectivity index (χ0n) is 18.7. The third-order valence-corrected chi connectivity index (χ3v) is 6.53. The Morgan fingerprint density at radius 2 is 1.97 bits per heavy atom. The summed E-state index contributed by atoms with van der Waals surface area (Å²) in [6.07, 6.45) is 8.38. The second kappa shape index (κ2) is 9.40. The Morgan fingerprint density at radius 3 is 2.65 bits per heavy atom. The average Bonchev–Trinajstić information content (AvgIpc) is 3.36. The molecule has 3 aliphatic heterocycles. The van der Waals surface area contributed by atoms with Gasteiger partial charge in [0.2, 0.25) is 0 Å². The van der Waals surface area contributed by atoms with Crippen LogP contribution in [0.1, 0.15) is 53.4 Å². The summed E-state index contributed by atoms with van der Waals surface area (Å²) in [6.45, 7) is 6.85. The van der Waals surface area contributed by atoms with Crippen LogP contribution in [0.2, 0.25) is 0 Å². The summed E-state index contributed by atoms with van der Waals surface area (Å²) in [6, 6.07) is 0. The Kier molecular flexibility index (Phi) is 7.25. The first-order valence-electron chi connectivity index (χ1n) is 11.0. The van der Waals surface area contributed by atoms with E-state index in [1.807, 2.05) is 31.2 Å². The van der Waals surface area contributed by atoms with Crippen molar-refractivity contribution in [3.8, 4) is 0 Å². The molecule has 174 valence electrons. The highest BCUT2D eigenvalue weighted by molar-refractivity contribution is 5.76. The van der Waals surface area contributed by atoms with Gasteiger partial charge in [0, 0.05) is 19.3 Å². The van der Waals surface area contributed by atoms with E-state index in [2.05, 4.69) is 0 Å². The van der Waals surface area contributed by atoms with Gasteiger partial charge in [-0.3, -0.25) is 9.59 Å². The SMILES string of the molecule is CC(CC=CC=CC1CCC2(CC3OCC(C)(C(=O)O)C3O2)O1)OC(=O)C(C)C(C)O. The van der Waals surface area contributed by atoms with Crippen LogP contribution in [-0.2, 0) is 28.5 Å². The zero-order valence-corrected chi connectivity index (χ0v) is 18.7. The third kappa shape index (κ3) is 5.19. The van der Waals surface area contributed by atoms with Crippen LogP contribution < -0.4 is 0 Å². The molecule has 2 N–H and O–H groups in total. The lowest BCUT2D eigenvalue weighted by molar-refractivity contribution is -0.225. The Labute approximate surface area is 183 Å². The van der Waals surface area contributed by atoms with Crippen molar-refractivity contribution >= 4 is 11.9 Å². The van der Waals surface area contributed by atoms with E-state index in [0.717, 1.165) is 6.42 Å². The molecule has 8 unspecified atom stereocenters. The maximum Gasteiger partial charge on any atom is 0.314 e. The second-order valence-corrected chi connectivity index (χ2v) is 9.25. The molecular formula is C23H34O8. The Bertz CT molecular complexity index is 731. The minimum Gasteiger partial charge on any atom is -0.481 e. The molecule has 0 bridgehead atoms. The minimum absolute atomic E-state index is 0.110. The molecule has 0 saturated carbocycles. The van der Waals surface area contributed by atoms with Gasteiger partial charge in [-0.15, -0.1) is 0 Å². The molecule has 31 heavy (non-hydrogen) atoms. The van der Waals surface area contributed by atoms with Gasteiger partial charge in [0.15, 0.2) is 5.79 Å². The first-order valence-corrected chi connectivity index (χ1v) is 11.0. The lowest BCUT2D eigenvalue weighted by Gasteiger charge is -2.29. The molecular weight excluding hydrogens is 404 g/mol. The number of carbonyl (C=O) groups excluding carboxylic acids is 1. The normalized spacial score (nSPS) is 38.0. The second-order valence-electron chi connectivity index (χ2n) is 9.25. The quantitative estimate of drug-likeness (QED) is 0.439. The van der Waals surface area contributed by atoms with Crippen molar-refractivity contribution in [3.63, 3.8) is 0 Å². The van der Waals surface area contributed by atoms with Gasteiger partial charge in [-0.05, 0) is 34.1 Å². The highest BCUT2D eigenvalue weighted by Gasteiger charge is 2.63. The van der Waals surface area contributed by atoms with Crippen LogP contribution in [0.3, 0.4) is 0 Å². The molecule has 0 amide bonds. The molecule has 8 heteroatoms. The third-order valence-electron chi connectivity index (χ3n) is 6.53. The number of rotatable bonds is 8. The number of aliphatic hydroxyl groups is 1. The van der Waals surface area contributed by atoms with E-state index in [0.29, 0.717) is 19.3 Å². The van der Waals surface area contributed by atoms with E-state index in [1.54, 1.807) is 20.8 Å². The smallest absolute Gasteiger partial charge is 0.314 e. The fourth-order valence-electron chi connectivity index (χ4n) is 4.22. The van der Waals surface area contributed by atoms with E-state index < -0.39 is 41.3 Å². The van der Waals surface area contributed by atoms with Gasteiger partial charge in [0.1, 0.15) is 17.6 Å². The molecule has 0 aromatic carbocycles. The number of esters is 1. The van der Waals surface area contributed by atoms with Crippen LogP contribution >= 0.6 is 0 Å². The Morgan fingerprint density at radius 1 is 1.23 bits per heavy atom. The first-order chi connectivity index (χ1) is 14.6. The maximum absolute atomic E-state index is 11.8. The molecule has 1 spiro atoms. The van der Waals surface area contributed by atoms with Crippen LogP contribution in [0.4, 0.5) is 0 Å². The zero-order chi connectivity index (χ0) is 22.8. The van der Waals surface area contributed by atoms with E-state index >= 15 is 0 Å². The number of hydrogen-bond acceptors (Lipinski definition) is 7. The van der Waals surface area contributed by atoms with E-state index in [-0.39, 0.29) is 24.9 Å². The number of fused-ring (bicyclic) bond motifs is 1. The summed E-state index contributed by atoms with van der Waals surface area (Å²) in [4.78, 5) is 23.5. The van der Waals surface area contributed by atoms with Crippen LogP contribution in [-0.4, -0.2) is 65.1 Å². The fraction of sp³-hybridized carbons (Fsp3) is 0.739. The molecule has 3 saturated heterocycles. The molecule has 0 radical (unpaired) electrons. The lowest BCUT2D eigenvalue weighted by Crippen LogP contribution is -2.42. The Balaban J connectivity index is 1.44. The molecule has 3 rings (SSSR count). The molecule has 3 aliphatic rings. The van der Waals surface area contributed by atoms with Crippen molar-refractivity contribution < 1.29 is 38.7 Å². The summed E-state index contributed by atoms with van der Waals surface area (Å²) in [5.41, 5.74) is -1.04. The average molecular weight is 439 g/mol. The molecule has 8 nitrogen and oxygen atoms in total. The highest BCUT2D eigenvalue weighted by atomic mass is 16.7. The number of hydrogen-bond donors (Lipinski definition) is 2. The Hall–Kier alpha value is -1.74. The molecule has 3 heterocycles. The first kappa shape index (κ1) is 23.9. The van der Waals surface area contributed by atoms with Crippen molar-refractivity contribution in [2.75, 3.05) is 6.61 Å². The maximum atomic E-state index is 11.8. The van der Waals surface area contributed by atoms with Crippen molar-refractivity contribution in [2.45, 2.75) is 89.7 Å². The predicted molar refractivity (Wildman–Crippen MR) is 111 cm³/mol. The van der Waals surface area contributed by atoms with Crippen LogP contribution in [0.15, 0.2) is 24.3 Å². The van der Waals surface area contributed by atoms with Gasteiger partial charge >= 0.3 is 11.9 Å². The van der Waals surface area contributed by atoms with Gasteiger partial charge in [0.25, 0.3) is 0 Å². The predicted octanol–water partition coefficient (Wildman–Crippen LogP) is 2.59. The molecule has 0 aromatic heterocycles. The molecule has 0 aliphatic carbocycles. The van der Waals surface area contributed by atoms with Crippen LogP contribution in [0.5, 0.6) is 0 Å².